The second-order valence-corrected chi connectivity index (χ2v) is 11.0. The van der Waals surface area contributed by atoms with Crippen LogP contribution in [0.15, 0.2) is 48.9 Å². The summed E-state index contributed by atoms with van der Waals surface area (Å²) < 4.78 is 4.21. The summed E-state index contributed by atoms with van der Waals surface area (Å²) in [5.41, 5.74) is 1.77. The second-order valence-electron chi connectivity index (χ2n) is 11.0. The Bertz CT molecular complexity index is 1470. The van der Waals surface area contributed by atoms with Crippen molar-refractivity contribution in [1.29, 1.82) is 0 Å². The number of fused-ring (bicyclic) bond motifs is 1. The molecule has 0 unspecified atom stereocenters. The molecule has 0 radical (unpaired) electrons. The van der Waals surface area contributed by atoms with Gasteiger partial charge in [0.25, 0.3) is 5.69 Å². The Morgan fingerprint density at radius 1 is 1.18 bits per heavy atom. The number of carbonyl (C=O) groups is 1. The van der Waals surface area contributed by atoms with Gasteiger partial charge in [-0.05, 0) is 57.7 Å². The number of anilines is 1. The fourth-order valence-corrected chi connectivity index (χ4v) is 4.94. The van der Waals surface area contributed by atoms with Crippen molar-refractivity contribution in [2.45, 2.75) is 77.0 Å². The highest BCUT2D eigenvalue weighted by atomic mass is 16.5. The monoisotopic (exact) mass is 518 g/mol. The molecule has 3 heterocycles. The largest absolute Gasteiger partial charge is 0.618 e. The zero-order valence-electron chi connectivity index (χ0n) is 22.1. The van der Waals surface area contributed by atoms with Crippen LogP contribution in [-0.2, 0) is 5.60 Å². The fraction of sp³-hybridized carbons (Fsp3) is 0.429. The average Bonchev–Trinajstić information content (AvgIpc) is 3.51. The zero-order valence-corrected chi connectivity index (χ0v) is 22.1. The van der Waals surface area contributed by atoms with E-state index in [0.29, 0.717) is 27.4 Å². The number of carbonyl (C=O) groups excluding carboxylic acids is 1. The van der Waals surface area contributed by atoms with Gasteiger partial charge in [0.1, 0.15) is 0 Å². The van der Waals surface area contributed by atoms with Gasteiger partial charge < -0.3 is 20.7 Å². The van der Waals surface area contributed by atoms with Crippen molar-refractivity contribution in [1.82, 2.24) is 19.6 Å². The molecule has 1 aliphatic rings. The molecule has 0 saturated heterocycles. The molecule has 1 saturated carbocycles. The molecular formula is C28H34N6O4. The van der Waals surface area contributed by atoms with Gasteiger partial charge in [0.15, 0.2) is 5.69 Å². The Morgan fingerprint density at radius 3 is 2.58 bits per heavy atom. The Hall–Kier alpha value is -3.76. The highest BCUT2D eigenvalue weighted by molar-refractivity contribution is 6.04. The summed E-state index contributed by atoms with van der Waals surface area (Å²) in [6.07, 6.45) is 8.16. The average molecular weight is 519 g/mol. The molecule has 1 aliphatic carbocycles. The maximum absolute atomic E-state index is 13.3. The van der Waals surface area contributed by atoms with Crippen LogP contribution in [0.25, 0.3) is 16.6 Å². The van der Waals surface area contributed by atoms with Gasteiger partial charge >= 0.3 is 5.91 Å². The predicted molar refractivity (Wildman–Crippen MR) is 143 cm³/mol. The third kappa shape index (κ3) is 5.01. The van der Waals surface area contributed by atoms with Crippen molar-refractivity contribution >= 4 is 22.5 Å². The molecule has 4 aromatic rings. The molecule has 1 amide bonds. The van der Waals surface area contributed by atoms with Crippen LogP contribution < -0.4 is 10.0 Å². The zero-order chi connectivity index (χ0) is 27.2. The van der Waals surface area contributed by atoms with E-state index in [2.05, 4.69) is 10.4 Å². The molecule has 10 heteroatoms. The number of nitrogens with zero attached hydrogens (tertiary/aromatic N) is 5. The lowest BCUT2D eigenvalue weighted by Gasteiger charge is -2.25. The number of nitrogens with one attached hydrogen (secondary N) is 1. The molecular weight excluding hydrogens is 484 g/mol. The second kappa shape index (κ2) is 9.85. The van der Waals surface area contributed by atoms with Crippen molar-refractivity contribution in [2.75, 3.05) is 5.32 Å². The van der Waals surface area contributed by atoms with E-state index in [1.165, 1.54) is 6.07 Å². The molecule has 200 valence electrons. The number of pyridine rings is 1. The van der Waals surface area contributed by atoms with E-state index in [4.69, 9.17) is 5.10 Å². The topological polar surface area (TPSA) is 132 Å². The summed E-state index contributed by atoms with van der Waals surface area (Å²) in [5.74, 6) is -0.574. The van der Waals surface area contributed by atoms with E-state index in [0.717, 1.165) is 36.6 Å². The normalized spacial score (nSPS) is 18.3. The van der Waals surface area contributed by atoms with Gasteiger partial charge in [-0.2, -0.15) is 14.9 Å². The van der Waals surface area contributed by atoms with E-state index in [1.54, 1.807) is 43.1 Å². The molecule has 1 fully saturated rings. The highest BCUT2D eigenvalue weighted by Crippen LogP contribution is 2.32. The number of aliphatic hydroxyl groups excluding tert-OH is 1. The molecule has 0 spiro atoms. The lowest BCUT2D eigenvalue weighted by atomic mass is 9.93. The van der Waals surface area contributed by atoms with Crippen molar-refractivity contribution in [3.8, 4) is 5.69 Å². The van der Waals surface area contributed by atoms with E-state index in [1.807, 2.05) is 36.9 Å². The van der Waals surface area contributed by atoms with Gasteiger partial charge in [-0.25, -0.2) is 4.68 Å². The highest BCUT2D eigenvalue weighted by Gasteiger charge is 2.25. The lowest BCUT2D eigenvalue weighted by Crippen LogP contribution is -2.41. The van der Waals surface area contributed by atoms with Crippen LogP contribution in [0.4, 0.5) is 5.69 Å². The number of hydrogen-bond acceptors (Lipinski definition) is 6. The van der Waals surface area contributed by atoms with Crippen LogP contribution in [0.3, 0.4) is 0 Å². The first-order valence-corrected chi connectivity index (χ1v) is 13.0. The fourth-order valence-electron chi connectivity index (χ4n) is 4.94. The van der Waals surface area contributed by atoms with Gasteiger partial charge in [0.2, 0.25) is 0 Å². The van der Waals surface area contributed by atoms with E-state index in [-0.39, 0.29) is 23.8 Å². The van der Waals surface area contributed by atoms with E-state index < -0.39 is 11.5 Å². The number of aromatic nitrogens is 5. The number of benzene rings is 1. The minimum Gasteiger partial charge on any atom is -0.618 e. The van der Waals surface area contributed by atoms with E-state index in [9.17, 15) is 20.2 Å². The standard InChI is InChI=1S/C28H34N6O4/c1-17(2)24-6-5-7-25(34(24)38)27(36)30-23-12-18-15-32(20-8-10-21(35)11-9-20)31-22(18)13-26(23)33-16-19(14-29-33)28(3,4)37/h5-7,12-17,20-21,35,37H,8-11H2,1-4H3,(H,30,36). The Morgan fingerprint density at radius 2 is 1.92 bits per heavy atom. The number of amides is 1. The molecule has 0 aliphatic heterocycles. The summed E-state index contributed by atoms with van der Waals surface area (Å²) in [5, 5.41) is 46.2. The molecule has 10 nitrogen and oxygen atoms in total. The van der Waals surface area contributed by atoms with Crippen LogP contribution in [0.5, 0.6) is 0 Å². The first-order chi connectivity index (χ1) is 18.0. The Labute approximate surface area is 221 Å². The quantitative estimate of drug-likeness (QED) is 0.262. The summed E-state index contributed by atoms with van der Waals surface area (Å²) >= 11 is 0. The van der Waals surface area contributed by atoms with Gasteiger partial charge in [-0.1, -0.05) is 13.8 Å². The minimum absolute atomic E-state index is 0.00338. The van der Waals surface area contributed by atoms with E-state index >= 15 is 0 Å². The van der Waals surface area contributed by atoms with Crippen LogP contribution >= 0.6 is 0 Å². The molecule has 3 aromatic heterocycles. The molecule has 0 atom stereocenters. The van der Waals surface area contributed by atoms with Crippen molar-refractivity contribution in [3.63, 3.8) is 0 Å². The van der Waals surface area contributed by atoms with Crippen molar-refractivity contribution < 1.29 is 19.7 Å². The van der Waals surface area contributed by atoms with Crippen molar-refractivity contribution in [2.24, 2.45) is 0 Å². The Balaban J connectivity index is 1.57. The van der Waals surface area contributed by atoms with Crippen molar-refractivity contribution in [3.05, 3.63) is 71.1 Å². The van der Waals surface area contributed by atoms with Gasteiger partial charge in [0.05, 0.1) is 40.8 Å². The third-order valence-corrected chi connectivity index (χ3v) is 7.26. The van der Waals surface area contributed by atoms with Crippen LogP contribution in [-0.4, -0.2) is 41.8 Å². The maximum Gasteiger partial charge on any atom is 0.321 e. The molecule has 1 aromatic carbocycles. The first-order valence-electron chi connectivity index (χ1n) is 13.0. The summed E-state index contributed by atoms with van der Waals surface area (Å²) in [4.78, 5) is 13.3. The lowest BCUT2D eigenvalue weighted by molar-refractivity contribution is -0.617. The third-order valence-electron chi connectivity index (χ3n) is 7.26. The molecule has 5 rings (SSSR count). The summed E-state index contributed by atoms with van der Waals surface area (Å²) in [6.45, 7) is 7.16. The van der Waals surface area contributed by atoms with Crippen LogP contribution in [0, 0.1) is 5.21 Å². The number of aliphatic hydroxyl groups is 2. The van der Waals surface area contributed by atoms with Gasteiger partial charge in [-0.3, -0.25) is 9.48 Å². The molecule has 0 bridgehead atoms. The van der Waals surface area contributed by atoms with Crippen LogP contribution in [0.1, 0.15) is 87.1 Å². The van der Waals surface area contributed by atoms with Gasteiger partial charge in [-0.15, -0.1) is 0 Å². The summed E-state index contributed by atoms with van der Waals surface area (Å²) in [6, 6.07) is 8.79. The smallest absolute Gasteiger partial charge is 0.321 e. The summed E-state index contributed by atoms with van der Waals surface area (Å²) in [7, 11) is 0. The molecule has 3 N–H and O–H groups in total. The Kier molecular flexibility index (Phi) is 6.70. The van der Waals surface area contributed by atoms with Gasteiger partial charge in [0, 0.05) is 41.4 Å². The number of rotatable bonds is 6. The minimum atomic E-state index is -1.09. The first kappa shape index (κ1) is 25.9. The predicted octanol–water partition coefficient (Wildman–Crippen LogP) is 3.93. The SMILES string of the molecule is CC(C)c1cccc(C(=O)Nc2cc3cn(C4CCC(O)CC4)nc3cc2-n2cc(C(C)(C)O)cn2)[n+]1[O-]. The number of hydrogen-bond donors (Lipinski definition) is 3. The maximum atomic E-state index is 13.3. The van der Waals surface area contributed by atoms with Crippen LogP contribution in [0.2, 0.25) is 0 Å². The molecule has 38 heavy (non-hydrogen) atoms.